The largest absolute Gasteiger partial charge is 0.0839 e. The number of fused-ring (bicyclic) bond motifs is 5. The van der Waals surface area contributed by atoms with Crippen molar-refractivity contribution in [1.29, 1.82) is 0 Å². The van der Waals surface area contributed by atoms with Crippen molar-refractivity contribution in [1.82, 2.24) is 0 Å². The summed E-state index contributed by atoms with van der Waals surface area (Å²) in [5.41, 5.74) is 2.84. The zero-order valence-corrected chi connectivity index (χ0v) is 16.5. The maximum absolute atomic E-state index is 2.68. The summed E-state index contributed by atoms with van der Waals surface area (Å²) >= 11 is 0. The molecule has 0 aromatic carbocycles. The third-order valence-corrected chi connectivity index (χ3v) is 9.13. The molecule has 0 saturated heterocycles. The van der Waals surface area contributed by atoms with Crippen LogP contribution >= 0.6 is 0 Å². The summed E-state index contributed by atoms with van der Waals surface area (Å²) in [5.74, 6) is 4.87. The Labute approximate surface area is 150 Å². The topological polar surface area (TPSA) is 0 Å². The molecule has 0 aromatic heterocycles. The predicted octanol–water partition coefficient (Wildman–Crippen LogP) is 7.17. The predicted molar refractivity (Wildman–Crippen MR) is 104 cm³/mol. The lowest BCUT2D eigenvalue weighted by atomic mass is 9.45. The van der Waals surface area contributed by atoms with E-state index in [0.29, 0.717) is 10.8 Å². The van der Waals surface area contributed by atoms with Crippen LogP contribution in [-0.2, 0) is 0 Å². The van der Waals surface area contributed by atoms with Crippen LogP contribution in [0, 0.1) is 40.4 Å². The Balaban J connectivity index is 1.73. The minimum Gasteiger partial charge on any atom is -0.0839 e. The fourth-order valence-corrected chi connectivity index (χ4v) is 7.93. The molecule has 7 atom stereocenters. The van der Waals surface area contributed by atoms with Gasteiger partial charge in [-0.3, -0.25) is 0 Å². The maximum atomic E-state index is 2.68. The number of allylic oxidation sites excluding steroid dienone is 4. The van der Waals surface area contributed by atoms with Crippen LogP contribution in [0.1, 0.15) is 85.5 Å². The molecule has 24 heavy (non-hydrogen) atoms. The highest BCUT2D eigenvalue weighted by atomic mass is 14.6. The molecule has 4 aliphatic rings. The quantitative estimate of drug-likeness (QED) is 0.482. The molecule has 4 rings (SSSR count). The fraction of sp³-hybridized carbons (Fsp3) is 0.833. The normalized spacial score (nSPS) is 50.0. The zero-order valence-electron chi connectivity index (χ0n) is 16.5. The van der Waals surface area contributed by atoms with Gasteiger partial charge in [-0.1, -0.05) is 70.8 Å². The van der Waals surface area contributed by atoms with Crippen molar-refractivity contribution in [2.24, 2.45) is 40.4 Å². The van der Waals surface area contributed by atoms with Gasteiger partial charge in [0.25, 0.3) is 0 Å². The first-order chi connectivity index (χ1) is 11.5. The second-order valence-corrected chi connectivity index (χ2v) is 9.92. The van der Waals surface area contributed by atoms with Crippen LogP contribution in [0.3, 0.4) is 0 Å². The van der Waals surface area contributed by atoms with Crippen molar-refractivity contribution in [2.45, 2.75) is 85.5 Å². The van der Waals surface area contributed by atoms with Crippen LogP contribution in [0.5, 0.6) is 0 Å². The van der Waals surface area contributed by atoms with Gasteiger partial charge in [-0.05, 0) is 73.5 Å². The molecule has 4 aliphatic carbocycles. The lowest BCUT2D eigenvalue weighted by Gasteiger charge is -2.60. The average Bonchev–Trinajstić information content (AvgIpc) is 2.91. The van der Waals surface area contributed by atoms with E-state index in [1.54, 1.807) is 5.57 Å². The molecule has 134 valence electrons. The Morgan fingerprint density at radius 3 is 2.67 bits per heavy atom. The van der Waals surface area contributed by atoms with E-state index in [-0.39, 0.29) is 0 Å². The number of rotatable bonds is 3. The summed E-state index contributed by atoms with van der Waals surface area (Å²) in [6.07, 6.45) is 20.5. The molecule has 0 radical (unpaired) electrons. The van der Waals surface area contributed by atoms with Gasteiger partial charge in [0.05, 0.1) is 0 Å². The van der Waals surface area contributed by atoms with Gasteiger partial charge in [0.1, 0.15) is 0 Å². The van der Waals surface area contributed by atoms with Crippen LogP contribution in [0.4, 0.5) is 0 Å². The second-order valence-electron chi connectivity index (χ2n) is 9.92. The summed E-state index contributed by atoms with van der Waals surface area (Å²) in [6.45, 7) is 10.1. The average molecular weight is 327 g/mol. The molecule has 3 saturated carbocycles. The van der Waals surface area contributed by atoms with Gasteiger partial charge in [-0.15, -0.1) is 0 Å². The molecule has 0 aliphatic heterocycles. The van der Waals surface area contributed by atoms with E-state index in [1.165, 1.54) is 57.8 Å². The second kappa shape index (κ2) is 6.03. The fourth-order valence-electron chi connectivity index (χ4n) is 7.93. The molecule has 0 bridgehead atoms. The Morgan fingerprint density at radius 1 is 1.08 bits per heavy atom. The molecule has 0 nitrogen and oxygen atoms in total. The summed E-state index contributed by atoms with van der Waals surface area (Å²) < 4.78 is 0. The van der Waals surface area contributed by atoms with Gasteiger partial charge in [0.15, 0.2) is 0 Å². The van der Waals surface area contributed by atoms with E-state index in [9.17, 15) is 0 Å². The van der Waals surface area contributed by atoms with E-state index in [1.807, 2.05) is 0 Å². The third-order valence-electron chi connectivity index (χ3n) is 9.13. The molecule has 0 N–H and O–H groups in total. The van der Waals surface area contributed by atoms with Crippen LogP contribution in [0.15, 0.2) is 23.8 Å². The van der Waals surface area contributed by atoms with Crippen LogP contribution in [-0.4, -0.2) is 0 Å². The molecule has 0 heterocycles. The molecular weight excluding hydrogens is 288 g/mol. The lowest BCUT2D eigenvalue weighted by molar-refractivity contribution is -0.0644. The van der Waals surface area contributed by atoms with Crippen molar-refractivity contribution >= 4 is 0 Å². The summed E-state index contributed by atoms with van der Waals surface area (Å²) in [6, 6.07) is 0. The van der Waals surface area contributed by atoms with Crippen LogP contribution < -0.4 is 0 Å². The van der Waals surface area contributed by atoms with Crippen molar-refractivity contribution in [3.63, 3.8) is 0 Å². The first-order valence-corrected chi connectivity index (χ1v) is 10.9. The van der Waals surface area contributed by atoms with Crippen LogP contribution in [0.2, 0.25) is 0 Å². The zero-order chi connectivity index (χ0) is 16.9. The highest BCUT2D eigenvalue weighted by Gasteiger charge is 2.59. The summed E-state index contributed by atoms with van der Waals surface area (Å²) in [5, 5.41) is 0. The van der Waals surface area contributed by atoms with Crippen LogP contribution in [0.25, 0.3) is 0 Å². The maximum Gasteiger partial charge on any atom is 0.00938 e. The van der Waals surface area contributed by atoms with E-state index in [4.69, 9.17) is 0 Å². The van der Waals surface area contributed by atoms with Crippen molar-refractivity contribution < 1.29 is 0 Å². The first kappa shape index (κ1) is 16.9. The third kappa shape index (κ3) is 2.24. The SMILES string of the molecule is CCC[C@@H]1CC2=CCC=C[C@]2(C)[C@H]2CC[C@]3(C)[C@H](CC)CC[C@H]3[C@H]12. The van der Waals surface area contributed by atoms with E-state index in [0.717, 1.165) is 29.6 Å². The van der Waals surface area contributed by atoms with Gasteiger partial charge in [0, 0.05) is 5.41 Å². The summed E-state index contributed by atoms with van der Waals surface area (Å²) in [7, 11) is 0. The summed E-state index contributed by atoms with van der Waals surface area (Å²) in [4.78, 5) is 0. The van der Waals surface area contributed by atoms with E-state index < -0.39 is 0 Å². The lowest BCUT2D eigenvalue weighted by Crippen LogP contribution is -2.52. The molecule has 0 heteroatoms. The number of hydrogen-bond donors (Lipinski definition) is 0. The standard InChI is InChI=1S/C24H38/c1-5-9-17-16-19-10-7-8-14-23(19,3)21-13-15-24(4)18(6-2)11-12-20(24)22(17)21/h8,10,14,17-18,20-22H,5-7,9,11-13,15-16H2,1-4H3/t17-,18-,20+,21+,22+,23+,24-/m1/s1. The van der Waals surface area contributed by atoms with Crippen molar-refractivity contribution in [3.05, 3.63) is 23.8 Å². The Kier molecular flexibility index (Phi) is 4.25. The highest BCUT2D eigenvalue weighted by molar-refractivity contribution is 5.32. The molecular formula is C24H38. The molecule has 0 spiro atoms. The van der Waals surface area contributed by atoms with Crippen molar-refractivity contribution in [3.8, 4) is 0 Å². The van der Waals surface area contributed by atoms with Gasteiger partial charge in [0.2, 0.25) is 0 Å². The van der Waals surface area contributed by atoms with Gasteiger partial charge in [-0.2, -0.15) is 0 Å². The Hall–Kier alpha value is -0.520. The van der Waals surface area contributed by atoms with Gasteiger partial charge in [-0.25, -0.2) is 0 Å². The molecule has 0 amide bonds. The van der Waals surface area contributed by atoms with E-state index >= 15 is 0 Å². The van der Waals surface area contributed by atoms with Gasteiger partial charge >= 0.3 is 0 Å². The first-order valence-electron chi connectivity index (χ1n) is 10.9. The molecule has 3 fully saturated rings. The molecule has 0 unspecified atom stereocenters. The molecule has 0 aromatic rings. The van der Waals surface area contributed by atoms with Crippen molar-refractivity contribution in [2.75, 3.05) is 0 Å². The van der Waals surface area contributed by atoms with Gasteiger partial charge < -0.3 is 0 Å². The monoisotopic (exact) mass is 326 g/mol. The minimum atomic E-state index is 0.388. The Bertz CT molecular complexity index is 540. The minimum absolute atomic E-state index is 0.388. The smallest absolute Gasteiger partial charge is 0.00938 e. The number of hydrogen-bond acceptors (Lipinski definition) is 0. The van der Waals surface area contributed by atoms with E-state index in [2.05, 4.69) is 45.9 Å². The highest BCUT2D eigenvalue weighted by Crippen LogP contribution is 2.68. The Morgan fingerprint density at radius 2 is 1.92 bits per heavy atom.